The van der Waals surface area contributed by atoms with Crippen LogP contribution in [0.2, 0.25) is 0 Å². The van der Waals surface area contributed by atoms with Crippen LogP contribution in [0.3, 0.4) is 0 Å². The van der Waals surface area contributed by atoms with E-state index in [2.05, 4.69) is 15.6 Å². The molecule has 0 saturated heterocycles. The van der Waals surface area contributed by atoms with Crippen molar-refractivity contribution >= 4 is 46.4 Å². The van der Waals surface area contributed by atoms with Crippen molar-refractivity contribution in [2.45, 2.75) is 44.9 Å². The molecule has 17 heteroatoms. The topological polar surface area (TPSA) is 196 Å². The van der Waals surface area contributed by atoms with Crippen LogP contribution in [-0.4, -0.2) is 116 Å². The van der Waals surface area contributed by atoms with E-state index in [1.165, 1.54) is 5.56 Å². The lowest BCUT2D eigenvalue weighted by molar-refractivity contribution is -0.189. The lowest BCUT2D eigenvalue weighted by atomic mass is 9.85. The standard InChI is InChI=1S/C42H49N5O11S/c1-2-42(33-24-35-39-31(23-30-5-3-4-6-34(30)46-39)26-47(35)40(51)32(33)27-57-41(42)52)58-38(50)25-45-37(49)28-56-20-19-55-18-17-54-16-15-53-14-13-44-36(48)10-22-59-21-9-29-7-11-43-12-8-29/h3-8,11-12,23-24H,2,9-10,13-22,25-28H2,1H3,(H,44,48)(H,45,49)/t42-/m0/s1. The first-order valence-electron chi connectivity index (χ1n) is 19.7. The third kappa shape index (κ3) is 11.5. The number of amides is 2. The summed E-state index contributed by atoms with van der Waals surface area (Å²) in [5.74, 6) is -0.513. The Balaban J connectivity index is 0.809. The van der Waals surface area contributed by atoms with E-state index in [1.54, 1.807) is 41.7 Å². The Morgan fingerprint density at radius 3 is 2.37 bits per heavy atom. The van der Waals surface area contributed by atoms with Gasteiger partial charge in [0.2, 0.25) is 17.4 Å². The van der Waals surface area contributed by atoms with Gasteiger partial charge in [0, 0.05) is 47.6 Å². The number of fused-ring (bicyclic) bond motifs is 5. The lowest BCUT2D eigenvalue weighted by Gasteiger charge is -2.35. The van der Waals surface area contributed by atoms with Crippen LogP contribution >= 0.6 is 11.8 Å². The molecule has 6 rings (SSSR count). The second-order valence-corrected chi connectivity index (χ2v) is 14.9. The quantitative estimate of drug-likeness (QED) is 0.0681. The number of nitrogens with one attached hydrogen (secondary N) is 2. The monoisotopic (exact) mass is 831 g/mol. The SMILES string of the molecule is CC[C@@]1(OC(=O)CNC(=O)COCCOCCOCCOCCNC(=O)CCSCCc2ccncc2)C(=O)OCc2c1cc1n(c2=O)Cc2cc3ccccc3nc2-1. The second-order valence-electron chi connectivity index (χ2n) is 13.7. The van der Waals surface area contributed by atoms with E-state index >= 15 is 0 Å². The summed E-state index contributed by atoms with van der Waals surface area (Å²) in [5, 5.41) is 6.23. The fourth-order valence-electron chi connectivity index (χ4n) is 6.72. The number of pyridine rings is 3. The first kappa shape index (κ1) is 43.4. The summed E-state index contributed by atoms with van der Waals surface area (Å²) in [6, 6.07) is 15.3. The van der Waals surface area contributed by atoms with Crippen molar-refractivity contribution < 1.29 is 47.6 Å². The van der Waals surface area contributed by atoms with E-state index in [0.717, 1.165) is 34.4 Å². The molecule has 16 nitrogen and oxygen atoms in total. The van der Waals surface area contributed by atoms with Gasteiger partial charge < -0.3 is 43.6 Å². The van der Waals surface area contributed by atoms with Crippen LogP contribution in [0.1, 0.15) is 42.0 Å². The van der Waals surface area contributed by atoms with Crippen molar-refractivity contribution in [2.24, 2.45) is 0 Å². The number of thioether (sulfide) groups is 1. The van der Waals surface area contributed by atoms with E-state index in [9.17, 15) is 24.0 Å². The third-order valence-electron chi connectivity index (χ3n) is 9.78. The first-order valence-corrected chi connectivity index (χ1v) is 20.8. The van der Waals surface area contributed by atoms with Gasteiger partial charge in [-0.3, -0.25) is 24.2 Å². The molecule has 0 fully saturated rings. The van der Waals surface area contributed by atoms with Gasteiger partial charge in [-0.2, -0.15) is 11.8 Å². The number of esters is 2. The summed E-state index contributed by atoms with van der Waals surface area (Å²) in [6.07, 6.45) is 4.99. The van der Waals surface area contributed by atoms with Crippen molar-refractivity contribution in [1.29, 1.82) is 0 Å². The number of cyclic esters (lactones) is 1. The molecule has 0 aliphatic carbocycles. The summed E-state index contributed by atoms with van der Waals surface area (Å²) in [4.78, 5) is 73.2. The highest BCUT2D eigenvalue weighted by Gasteiger charge is 2.50. The second kappa shape index (κ2) is 21.7. The van der Waals surface area contributed by atoms with Crippen molar-refractivity contribution in [3.05, 3.63) is 93.5 Å². The zero-order valence-electron chi connectivity index (χ0n) is 33.0. The molecule has 2 amide bonds. The van der Waals surface area contributed by atoms with E-state index < -0.39 is 30.0 Å². The molecule has 0 unspecified atom stereocenters. The smallest absolute Gasteiger partial charge is 0.355 e. The Hall–Kier alpha value is -5.20. The molecular formula is C42H49N5O11S. The van der Waals surface area contributed by atoms with Crippen LogP contribution in [0, 0.1) is 0 Å². The highest BCUT2D eigenvalue weighted by molar-refractivity contribution is 7.99. The Kier molecular flexibility index (Phi) is 16.0. The number of ether oxygens (including phenoxy) is 6. The number of hydrogen-bond acceptors (Lipinski definition) is 14. The minimum atomic E-state index is -1.88. The van der Waals surface area contributed by atoms with Gasteiger partial charge in [-0.05, 0) is 54.5 Å². The predicted octanol–water partition coefficient (Wildman–Crippen LogP) is 2.69. The minimum Gasteiger partial charge on any atom is -0.457 e. The van der Waals surface area contributed by atoms with Gasteiger partial charge in [-0.1, -0.05) is 25.1 Å². The van der Waals surface area contributed by atoms with Crippen LogP contribution in [0.4, 0.5) is 0 Å². The number of nitrogens with zero attached hydrogens (tertiary/aromatic N) is 3. The van der Waals surface area contributed by atoms with Gasteiger partial charge in [0.15, 0.2) is 0 Å². The Morgan fingerprint density at radius 1 is 0.881 bits per heavy atom. The molecular weight excluding hydrogens is 783 g/mol. The Bertz CT molecular complexity index is 2150. The maximum Gasteiger partial charge on any atom is 0.355 e. The number of para-hydroxylation sites is 1. The number of aryl methyl sites for hydroxylation is 1. The average Bonchev–Trinajstić information content (AvgIpc) is 3.61. The Morgan fingerprint density at radius 2 is 1.61 bits per heavy atom. The minimum absolute atomic E-state index is 0.00239. The fourth-order valence-corrected chi connectivity index (χ4v) is 7.63. The number of hydrogen-bond donors (Lipinski definition) is 2. The molecule has 2 aliphatic heterocycles. The first-order chi connectivity index (χ1) is 28.8. The third-order valence-corrected chi connectivity index (χ3v) is 10.8. The molecule has 0 radical (unpaired) electrons. The molecule has 0 saturated carbocycles. The number of carbonyl (C=O) groups is 4. The van der Waals surface area contributed by atoms with Crippen LogP contribution in [0.15, 0.2) is 65.7 Å². The summed E-state index contributed by atoms with van der Waals surface area (Å²) >= 11 is 1.75. The van der Waals surface area contributed by atoms with Gasteiger partial charge in [0.25, 0.3) is 5.56 Å². The largest absolute Gasteiger partial charge is 0.457 e. The van der Waals surface area contributed by atoms with Gasteiger partial charge in [0.1, 0.15) is 19.8 Å². The summed E-state index contributed by atoms with van der Waals surface area (Å²) in [6.45, 7) is 3.46. The highest BCUT2D eigenvalue weighted by atomic mass is 32.2. The predicted molar refractivity (Wildman–Crippen MR) is 218 cm³/mol. The molecule has 2 aliphatic rings. The molecule has 5 heterocycles. The van der Waals surface area contributed by atoms with E-state index in [1.807, 2.05) is 42.5 Å². The maximum absolute atomic E-state index is 13.7. The summed E-state index contributed by atoms with van der Waals surface area (Å²) < 4.78 is 34.5. The number of carbonyl (C=O) groups excluding carboxylic acids is 4. The lowest BCUT2D eigenvalue weighted by Crippen LogP contribution is -2.48. The molecule has 0 bridgehead atoms. The number of rotatable bonds is 24. The fraction of sp³-hybridized carbons (Fsp3) is 0.452. The molecule has 3 aromatic heterocycles. The van der Waals surface area contributed by atoms with Crippen LogP contribution in [0.5, 0.6) is 0 Å². The molecule has 1 atom stereocenters. The molecule has 59 heavy (non-hydrogen) atoms. The Labute approximate surface area is 345 Å². The van der Waals surface area contributed by atoms with E-state index in [-0.39, 0.29) is 55.4 Å². The van der Waals surface area contributed by atoms with Crippen LogP contribution < -0.4 is 16.2 Å². The van der Waals surface area contributed by atoms with Crippen molar-refractivity contribution in [1.82, 2.24) is 25.2 Å². The molecule has 1 aromatic carbocycles. The molecule has 2 N–H and O–H groups in total. The normalized spacial score (nSPS) is 15.2. The summed E-state index contributed by atoms with van der Waals surface area (Å²) in [5.41, 5.74) is 2.26. The zero-order chi connectivity index (χ0) is 41.5. The molecule has 4 aromatic rings. The van der Waals surface area contributed by atoms with Crippen molar-refractivity contribution in [3.63, 3.8) is 0 Å². The van der Waals surface area contributed by atoms with Gasteiger partial charge >= 0.3 is 11.9 Å². The van der Waals surface area contributed by atoms with Gasteiger partial charge in [0.05, 0.1) is 75.3 Å². The number of aromatic nitrogens is 3. The van der Waals surface area contributed by atoms with Gasteiger partial charge in [-0.15, -0.1) is 0 Å². The summed E-state index contributed by atoms with van der Waals surface area (Å²) in [7, 11) is 0. The van der Waals surface area contributed by atoms with E-state index in [4.69, 9.17) is 33.4 Å². The maximum atomic E-state index is 13.7. The van der Waals surface area contributed by atoms with Crippen LogP contribution in [-0.2, 0) is 72.8 Å². The zero-order valence-corrected chi connectivity index (χ0v) is 33.9. The molecule has 0 spiro atoms. The van der Waals surface area contributed by atoms with Crippen molar-refractivity contribution in [2.75, 3.05) is 77.5 Å². The highest BCUT2D eigenvalue weighted by Crippen LogP contribution is 2.41. The van der Waals surface area contributed by atoms with Crippen LogP contribution in [0.25, 0.3) is 22.3 Å². The van der Waals surface area contributed by atoms with E-state index in [0.29, 0.717) is 63.9 Å². The number of benzene rings is 1. The average molecular weight is 832 g/mol. The van der Waals surface area contributed by atoms with Crippen molar-refractivity contribution in [3.8, 4) is 11.4 Å². The molecule has 314 valence electrons. The van der Waals surface area contributed by atoms with Gasteiger partial charge in [-0.25, -0.2) is 9.78 Å².